The quantitative estimate of drug-likeness (QED) is 0.726. The lowest BCUT2D eigenvalue weighted by molar-refractivity contribution is -0.121. The molecule has 1 amide bonds. The Morgan fingerprint density at radius 2 is 1.96 bits per heavy atom. The maximum atomic E-state index is 13.6. The monoisotopic (exact) mass is 372 g/mol. The van der Waals surface area contributed by atoms with Crippen LogP contribution in [0.25, 0.3) is 0 Å². The Hall–Kier alpha value is -2.24. The Kier molecular flexibility index (Phi) is 6.24. The molecule has 0 atom stereocenters. The van der Waals surface area contributed by atoms with Crippen LogP contribution in [0.2, 0.25) is 0 Å². The van der Waals surface area contributed by atoms with Crippen molar-refractivity contribution >= 4 is 5.91 Å². The largest absolute Gasteiger partial charge is 0.352 e. The second-order valence-corrected chi connectivity index (χ2v) is 7.87. The molecule has 27 heavy (non-hydrogen) atoms. The van der Waals surface area contributed by atoms with Crippen molar-refractivity contribution in [1.29, 1.82) is 0 Å². The van der Waals surface area contributed by atoms with Crippen LogP contribution in [0.4, 0.5) is 4.39 Å². The summed E-state index contributed by atoms with van der Waals surface area (Å²) in [7, 11) is 0. The first kappa shape index (κ1) is 19.5. The molecule has 5 nitrogen and oxygen atoms in total. The number of rotatable bonds is 9. The third-order valence-electron chi connectivity index (χ3n) is 5.13. The van der Waals surface area contributed by atoms with E-state index >= 15 is 0 Å². The number of hydrogen-bond acceptors (Lipinski definition) is 3. The molecule has 1 saturated carbocycles. The van der Waals surface area contributed by atoms with E-state index in [-0.39, 0.29) is 11.7 Å². The molecule has 3 rings (SSSR count). The maximum Gasteiger partial charge on any atom is 0.220 e. The third kappa shape index (κ3) is 5.15. The number of benzene rings is 1. The number of hydrogen-bond donors (Lipinski definition) is 1. The topological polar surface area (TPSA) is 59.8 Å². The minimum absolute atomic E-state index is 0.0484. The van der Waals surface area contributed by atoms with E-state index in [0.717, 1.165) is 30.1 Å². The van der Waals surface area contributed by atoms with Crippen LogP contribution in [-0.4, -0.2) is 20.7 Å². The summed E-state index contributed by atoms with van der Waals surface area (Å²) in [6.45, 7) is 6.50. The molecule has 0 radical (unpaired) electrons. The van der Waals surface area contributed by atoms with Gasteiger partial charge in [-0.2, -0.15) is 0 Å². The Morgan fingerprint density at radius 1 is 1.26 bits per heavy atom. The zero-order valence-electron chi connectivity index (χ0n) is 16.5. The molecular formula is C21H29FN4O. The lowest BCUT2D eigenvalue weighted by Crippen LogP contribution is -2.24. The van der Waals surface area contributed by atoms with E-state index in [0.29, 0.717) is 36.9 Å². The van der Waals surface area contributed by atoms with E-state index in [4.69, 9.17) is 0 Å². The average Bonchev–Trinajstić information content (AvgIpc) is 3.39. The number of amides is 1. The molecule has 1 aliphatic carbocycles. The minimum Gasteiger partial charge on any atom is -0.352 e. The molecule has 1 aliphatic rings. The predicted octanol–water partition coefficient (Wildman–Crippen LogP) is 3.90. The van der Waals surface area contributed by atoms with E-state index < -0.39 is 0 Å². The van der Waals surface area contributed by atoms with Gasteiger partial charge >= 0.3 is 0 Å². The normalized spacial score (nSPS) is 14.0. The van der Waals surface area contributed by atoms with Gasteiger partial charge in [0.2, 0.25) is 5.91 Å². The van der Waals surface area contributed by atoms with Gasteiger partial charge in [-0.3, -0.25) is 4.79 Å². The fourth-order valence-corrected chi connectivity index (χ4v) is 3.22. The zero-order chi connectivity index (χ0) is 19.4. The summed E-state index contributed by atoms with van der Waals surface area (Å²) in [4.78, 5) is 12.2. The van der Waals surface area contributed by atoms with Gasteiger partial charge in [0.25, 0.3) is 0 Å². The predicted molar refractivity (Wildman–Crippen MR) is 103 cm³/mol. The number of aryl methyl sites for hydroxylation is 2. The standard InChI is InChI=1S/C21H29FN4O/c1-14(2)7-10-19-24-25-20(26(19)17-8-9-17)11-12-21(27)23-13-16-5-4-6-18(22)15(16)3/h4-6,14,17H,7-13H2,1-3H3,(H,23,27). The van der Waals surface area contributed by atoms with Gasteiger partial charge in [-0.05, 0) is 49.3 Å². The number of carbonyl (C=O) groups excluding carboxylic acids is 1. The van der Waals surface area contributed by atoms with Crippen LogP contribution >= 0.6 is 0 Å². The first-order valence-corrected chi connectivity index (χ1v) is 9.89. The molecule has 1 aromatic carbocycles. The van der Waals surface area contributed by atoms with Gasteiger partial charge in [-0.15, -0.1) is 10.2 Å². The lowest BCUT2D eigenvalue weighted by atomic mass is 10.1. The van der Waals surface area contributed by atoms with Crippen molar-refractivity contribution in [1.82, 2.24) is 20.1 Å². The smallest absolute Gasteiger partial charge is 0.220 e. The Bertz CT molecular complexity index is 795. The summed E-state index contributed by atoms with van der Waals surface area (Å²) in [6, 6.07) is 5.45. The lowest BCUT2D eigenvalue weighted by Gasteiger charge is -2.11. The van der Waals surface area contributed by atoms with E-state index in [1.165, 1.54) is 18.9 Å². The van der Waals surface area contributed by atoms with Gasteiger partial charge in [-0.1, -0.05) is 26.0 Å². The number of carbonyl (C=O) groups is 1. The van der Waals surface area contributed by atoms with Gasteiger partial charge in [0.1, 0.15) is 17.5 Å². The second-order valence-electron chi connectivity index (χ2n) is 7.87. The third-order valence-corrected chi connectivity index (χ3v) is 5.13. The average molecular weight is 372 g/mol. The van der Waals surface area contributed by atoms with E-state index in [9.17, 15) is 9.18 Å². The molecular weight excluding hydrogens is 343 g/mol. The fraction of sp³-hybridized carbons (Fsp3) is 0.571. The molecule has 0 bridgehead atoms. The molecule has 0 unspecified atom stereocenters. The first-order valence-electron chi connectivity index (χ1n) is 9.89. The summed E-state index contributed by atoms with van der Waals surface area (Å²) >= 11 is 0. The van der Waals surface area contributed by atoms with Crippen LogP contribution in [0, 0.1) is 18.7 Å². The zero-order valence-corrected chi connectivity index (χ0v) is 16.5. The van der Waals surface area contributed by atoms with Crippen LogP contribution in [-0.2, 0) is 24.2 Å². The first-order chi connectivity index (χ1) is 13.0. The molecule has 6 heteroatoms. The highest BCUT2D eigenvalue weighted by Crippen LogP contribution is 2.37. The van der Waals surface area contributed by atoms with Crippen LogP contribution in [0.1, 0.15) is 68.3 Å². The van der Waals surface area contributed by atoms with Crippen LogP contribution in [0.5, 0.6) is 0 Å². The highest BCUT2D eigenvalue weighted by molar-refractivity contribution is 5.76. The summed E-state index contributed by atoms with van der Waals surface area (Å²) < 4.78 is 15.8. The number of nitrogens with one attached hydrogen (secondary N) is 1. The summed E-state index contributed by atoms with van der Waals surface area (Å²) in [5.74, 6) is 2.31. The highest BCUT2D eigenvalue weighted by Gasteiger charge is 2.29. The van der Waals surface area contributed by atoms with Crippen molar-refractivity contribution in [3.63, 3.8) is 0 Å². The van der Waals surface area contributed by atoms with Crippen molar-refractivity contribution in [3.05, 3.63) is 46.8 Å². The Labute approximate surface area is 160 Å². The molecule has 1 N–H and O–H groups in total. The molecule has 146 valence electrons. The maximum absolute atomic E-state index is 13.6. The minimum atomic E-state index is -0.242. The van der Waals surface area contributed by atoms with Gasteiger partial charge in [0.15, 0.2) is 0 Å². The molecule has 0 spiro atoms. The van der Waals surface area contributed by atoms with Gasteiger partial charge in [-0.25, -0.2) is 4.39 Å². The highest BCUT2D eigenvalue weighted by atomic mass is 19.1. The van der Waals surface area contributed by atoms with E-state index in [1.54, 1.807) is 13.0 Å². The second kappa shape index (κ2) is 8.63. The van der Waals surface area contributed by atoms with Crippen LogP contribution in [0.3, 0.4) is 0 Å². The van der Waals surface area contributed by atoms with E-state index in [2.05, 4.69) is 33.9 Å². The van der Waals surface area contributed by atoms with Gasteiger partial charge < -0.3 is 9.88 Å². The summed E-state index contributed by atoms with van der Waals surface area (Å²) in [5, 5.41) is 11.6. The van der Waals surface area contributed by atoms with Crippen molar-refractivity contribution < 1.29 is 9.18 Å². The molecule has 0 aliphatic heterocycles. The van der Waals surface area contributed by atoms with Gasteiger partial charge in [0, 0.05) is 31.8 Å². The summed E-state index contributed by atoms with van der Waals surface area (Å²) in [6.07, 6.45) is 5.32. The number of halogens is 1. The SMILES string of the molecule is Cc1c(F)cccc1CNC(=O)CCc1nnc(CCC(C)C)n1C1CC1. The van der Waals surface area contributed by atoms with E-state index in [1.807, 2.05) is 6.07 Å². The van der Waals surface area contributed by atoms with Crippen LogP contribution in [0.15, 0.2) is 18.2 Å². The molecule has 1 heterocycles. The summed E-state index contributed by atoms with van der Waals surface area (Å²) in [5.41, 5.74) is 1.39. The van der Waals surface area contributed by atoms with Gasteiger partial charge in [0.05, 0.1) is 0 Å². The van der Waals surface area contributed by atoms with Crippen LogP contribution < -0.4 is 5.32 Å². The fourth-order valence-electron chi connectivity index (χ4n) is 3.22. The Balaban J connectivity index is 1.55. The molecule has 0 saturated heterocycles. The molecule has 1 fully saturated rings. The number of aromatic nitrogens is 3. The van der Waals surface area contributed by atoms with Crippen molar-refractivity contribution in [3.8, 4) is 0 Å². The van der Waals surface area contributed by atoms with Crippen molar-refractivity contribution in [2.45, 2.75) is 71.9 Å². The van der Waals surface area contributed by atoms with Crippen molar-refractivity contribution in [2.75, 3.05) is 0 Å². The number of nitrogens with zero attached hydrogens (tertiary/aromatic N) is 3. The molecule has 1 aromatic heterocycles. The Morgan fingerprint density at radius 3 is 2.63 bits per heavy atom. The molecule has 2 aromatic rings. The van der Waals surface area contributed by atoms with Crippen molar-refractivity contribution in [2.24, 2.45) is 5.92 Å².